The standard InChI is InChI=1S/C18H28ClN3O3/c1-3-4-5-6-22-10-12(7-13(22)11-23)21-18(24)14-8-15(19)16(20)9-17(14)25-2/h8-9,12-13,23H,3-7,10-11,20H2,1-2H3,(H,21,24)/t12-,13-/m0/s1. The molecular weight excluding hydrogens is 342 g/mol. The molecule has 1 amide bonds. The van der Waals surface area contributed by atoms with Crippen molar-refractivity contribution in [2.24, 2.45) is 0 Å². The van der Waals surface area contributed by atoms with Crippen LogP contribution in [-0.4, -0.2) is 54.8 Å². The number of unbranched alkanes of at least 4 members (excludes halogenated alkanes) is 2. The summed E-state index contributed by atoms with van der Waals surface area (Å²) < 4.78 is 5.25. The Morgan fingerprint density at radius 3 is 2.88 bits per heavy atom. The molecule has 2 atom stereocenters. The Labute approximate surface area is 154 Å². The van der Waals surface area contributed by atoms with E-state index in [4.69, 9.17) is 22.1 Å². The molecule has 1 aliphatic rings. The first kappa shape index (κ1) is 19.8. The van der Waals surface area contributed by atoms with E-state index in [1.165, 1.54) is 19.6 Å². The Balaban J connectivity index is 2.02. The molecule has 140 valence electrons. The van der Waals surface area contributed by atoms with Gasteiger partial charge in [-0.15, -0.1) is 0 Å². The molecule has 0 saturated carbocycles. The number of amides is 1. The van der Waals surface area contributed by atoms with Gasteiger partial charge in [0.15, 0.2) is 0 Å². The van der Waals surface area contributed by atoms with E-state index in [0.29, 0.717) is 22.0 Å². The van der Waals surface area contributed by atoms with Crippen LogP contribution in [0.3, 0.4) is 0 Å². The van der Waals surface area contributed by atoms with Gasteiger partial charge in [0.25, 0.3) is 5.91 Å². The van der Waals surface area contributed by atoms with E-state index in [-0.39, 0.29) is 24.6 Å². The monoisotopic (exact) mass is 369 g/mol. The number of aliphatic hydroxyl groups is 1. The molecule has 1 aliphatic heterocycles. The number of rotatable bonds is 8. The van der Waals surface area contributed by atoms with E-state index < -0.39 is 0 Å². The number of aliphatic hydroxyl groups excluding tert-OH is 1. The number of anilines is 1. The molecule has 7 heteroatoms. The number of carbonyl (C=O) groups is 1. The molecule has 1 aromatic carbocycles. The Morgan fingerprint density at radius 1 is 1.48 bits per heavy atom. The molecule has 0 unspecified atom stereocenters. The average Bonchev–Trinajstić information content (AvgIpc) is 2.98. The van der Waals surface area contributed by atoms with Gasteiger partial charge in [0.2, 0.25) is 0 Å². The number of hydrogen-bond donors (Lipinski definition) is 3. The molecule has 1 heterocycles. The smallest absolute Gasteiger partial charge is 0.255 e. The first-order chi connectivity index (χ1) is 12.0. The minimum Gasteiger partial charge on any atom is -0.496 e. The van der Waals surface area contributed by atoms with Crippen LogP contribution in [0, 0.1) is 0 Å². The number of nitrogens with one attached hydrogen (secondary N) is 1. The fraction of sp³-hybridized carbons (Fsp3) is 0.611. The van der Waals surface area contributed by atoms with Crippen LogP contribution in [0.5, 0.6) is 5.75 Å². The average molecular weight is 370 g/mol. The molecule has 1 aromatic rings. The topological polar surface area (TPSA) is 87.8 Å². The third kappa shape index (κ3) is 5.00. The summed E-state index contributed by atoms with van der Waals surface area (Å²) in [7, 11) is 1.49. The first-order valence-corrected chi connectivity index (χ1v) is 9.16. The summed E-state index contributed by atoms with van der Waals surface area (Å²) >= 11 is 6.04. The van der Waals surface area contributed by atoms with Crippen LogP contribution in [0.1, 0.15) is 43.0 Å². The van der Waals surface area contributed by atoms with Gasteiger partial charge < -0.3 is 20.9 Å². The molecule has 0 aliphatic carbocycles. The fourth-order valence-electron chi connectivity index (χ4n) is 3.30. The third-order valence-electron chi connectivity index (χ3n) is 4.69. The molecular formula is C18H28ClN3O3. The van der Waals surface area contributed by atoms with Crippen molar-refractivity contribution in [3.8, 4) is 5.75 Å². The highest BCUT2D eigenvalue weighted by Gasteiger charge is 2.32. The zero-order valence-corrected chi connectivity index (χ0v) is 15.7. The van der Waals surface area contributed by atoms with Crippen LogP contribution in [0.2, 0.25) is 5.02 Å². The minimum atomic E-state index is -0.240. The van der Waals surface area contributed by atoms with Crippen molar-refractivity contribution in [3.63, 3.8) is 0 Å². The van der Waals surface area contributed by atoms with Crippen molar-refractivity contribution in [2.75, 3.05) is 32.5 Å². The summed E-state index contributed by atoms with van der Waals surface area (Å²) in [6.45, 7) is 3.96. The van der Waals surface area contributed by atoms with Gasteiger partial charge in [-0.05, 0) is 25.5 Å². The van der Waals surface area contributed by atoms with Gasteiger partial charge in [0.05, 0.1) is 30.0 Å². The van der Waals surface area contributed by atoms with Gasteiger partial charge >= 0.3 is 0 Å². The second kappa shape index (κ2) is 9.27. The van der Waals surface area contributed by atoms with Crippen molar-refractivity contribution in [2.45, 2.75) is 44.7 Å². The van der Waals surface area contributed by atoms with Crippen LogP contribution < -0.4 is 15.8 Å². The second-order valence-electron chi connectivity index (χ2n) is 6.52. The first-order valence-electron chi connectivity index (χ1n) is 8.78. The maximum absolute atomic E-state index is 12.6. The van der Waals surface area contributed by atoms with Gasteiger partial charge in [0.1, 0.15) is 5.75 Å². The lowest BCUT2D eigenvalue weighted by Crippen LogP contribution is -2.37. The molecule has 25 heavy (non-hydrogen) atoms. The van der Waals surface area contributed by atoms with Crippen molar-refractivity contribution in [1.82, 2.24) is 10.2 Å². The summed E-state index contributed by atoms with van der Waals surface area (Å²) in [6, 6.07) is 3.17. The van der Waals surface area contributed by atoms with E-state index in [9.17, 15) is 9.90 Å². The van der Waals surface area contributed by atoms with Crippen molar-refractivity contribution >= 4 is 23.2 Å². The lowest BCUT2D eigenvalue weighted by Gasteiger charge is -2.22. The Kier molecular flexibility index (Phi) is 7.35. The lowest BCUT2D eigenvalue weighted by molar-refractivity contribution is 0.0934. The number of hydrogen-bond acceptors (Lipinski definition) is 5. The zero-order valence-electron chi connectivity index (χ0n) is 14.9. The highest BCUT2D eigenvalue weighted by molar-refractivity contribution is 6.33. The van der Waals surface area contributed by atoms with Crippen molar-refractivity contribution in [1.29, 1.82) is 0 Å². The molecule has 0 aromatic heterocycles. The number of nitrogens with two attached hydrogens (primary N) is 1. The molecule has 6 nitrogen and oxygen atoms in total. The maximum Gasteiger partial charge on any atom is 0.255 e. The van der Waals surface area contributed by atoms with Crippen LogP contribution in [0.4, 0.5) is 5.69 Å². The number of nitrogen functional groups attached to an aromatic ring is 1. The molecule has 0 spiro atoms. The van der Waals surface area contributed by atoms with Crippen molar-refractivity contribution in [3.05, 3.63) is 22.7 Å². The van der Waals surface area contributed by atoms with Gasteiger partial charge in [-0.3, -0.25) is 9.69 Å². The Bertz CT molecular complexity index is 597. The van der Waals surface area contributed by atoms with E-state index in [0.717, 1.165) is 32.4 Å². The van der Waals surface area contributed by atoms with E-state index in [1.54, 1.807) is 6.07 Å². The minimum absolute atomic E-state index is 0.00712. The third-order valence-corrected chi connectivity index (χ3v) is 5.01. The molecule has 4 N–H and O–H groups in total. The molecule has 1 saturated heterocycles. The summed E-state index contributed by atoms with van der Waals surface area (Å²) in [4.78, 5) is 14.9. The summed E-state index contributed by atoms with van der Waals surface area (Å²) in [5.74, 6) is 0.159. The highest BCUT2D eigenvalue weighted by Crippen LogP contribution is 2.29. The number of methoxy groups -OCH3 is 1. The zero-order chi connectivity index (χ0) is 18.4. The quantitative estimate of drug-likeness (QED) is 0.483. The number of benzene rings is 1. The summed E-state index contributed by atoms with van der Waals surface area (Å²) in [6.07, 6.45) is 4.18. The van der Waals surface area contributed by atoms with Gasteiger partial charge in [-0.1, -0.05) is 31.4 Å². The van der Waals surface area contributed by atoms with Crippen LogP contribution >= 0.6 is 11.6 Å². The Morgan fingerprint density at radius 2 is 2.24 bits per heavy atom. The Hall–Kier alpha value is -1.50. The second-order valence-corrected chi connectivity index (χ2v) is 6.93. The molecule has 0 bridgehead atoms. The summed E-state index contributed by atoms with van der Waals surface area (Å²) in [5, 5.41) is 13.0. The number of ether oxygens (including phenoxy) is 1. The highest BCUT2D eigenvalue weighted by atomic mass is 35.5. The van der Waals surface area contributed by atoms with E-state index >= 15 is 0 Å². The number of carbonyl (C=O) groups excluding carboxylic acids is 1. The van der Waals surface area contributed by atoms with E-state index in [2.05, 4.69) is 17.1 Å². The SMILES string of the molecule is CCCCCN1C[C@@H](NC(=O)c2cc(Cl)c(N)cc2OC)C[C@H]1CO. The molecule has 0 radical (unpaired) electrons. The van der Waals surface area contributed by atoms with E-state index in [1.807, 2.05) is 0 Å². The van der Waals surface area contributed by atoms with Crippen molar-refractivity contribution < 1.29 is 14.6 Å². The van der Waals surface area contributed by atoms with Gasteiger partial charge in [-0.25, -0.2) is 0 Å². The largest absolute Gasteiger partial charge is 0.496 e. The fourth-order valence-corrected chi connectivity index (χ4v) is 3.46. The maximum atomic E-state index is 12.6. The molecule has 2 rings (SSSR count). The lowest BCUT2D eigenvalue weighted by atomic mass is 10.1. The number of nitrogens with zero attached hydrogens (tertiary/aromatic N) is 1. The number of likely N-dealkylation sites (tertiary alicyclic amines) is 1. The van der Waals surface area contributed by atoms with Gasteiger partial charge in [-0.2, -0.15) is 0 Å². The number of halogens is 1. The predicted octanol–water partition coefficient (Wildman–Crippen LogP) is 2.29. The normalized spacial score (nSPS) is 20.6. The molecule has 1 fully saturated rings. The van der Waals surface area contributed by atoms with Crippen LogP contribution in [0.15, 0.2) is 12.1 Å². The summed E-state index contributed by atoms with van der Waals surface area (Å²) in [5.41, 5.74) is 6.50. The predicted molar refractivity (Wildman–Crippen MR) is 100 cm³/mol. The van der Waals surface area contributed by atoms with Crippen LogP contribution in [0.25, 0.3) is 0 Å². The van der Waals surface area contributed by atoms with Gasteiger partial charge in [0, 0.05) is 24.7 Å². The van der Waals surface area contributed by atoms with Crippen LogP contribution in [-0.2, 0) is 0 Å².